The summed E-state index contributed by atoms with van der Waals surface area (Å²) in [7, 11) is 4.43. The lowest BCUT2D eigenvalue weighted by molar-refractivity contribution is -0.149. The van der Waals surface area contributed by atoms with Gasteiger partial charge in [-0.2, -0.15) is 0 Å². The number of esters is 1. The zero-order valence-electron chi connectivity index (χ0n) is 16.2. The molecule has 1 aromatic rings. The minimum atomic E-state index is -0.522. The number of nitrogens with zero attached hydrogens (tertiary/aromatic N) is 1. The molecule has 1 amide bonds. The molecule has 1 fully saturated rings. The van der Waals surface area contributed by atoms with E-state index in [0.29, 0.717) is 49.7 Å². The number of aryl methyl sites for hydroxylation is 1. The van der Waals surface area contributed by atoms with Gasteiger partial charge in [0.2, 0.25) is 0 Å². The van der Waals surface area contributed by atoms with Crippen molar-refractivity contribution in [1.29, 1.82) is 0 Å². The van der Waals surface area contributed by atoms with Crippen molar-refractivity contribution in [2.75, 3.05) is 41.1 Å². The second-order valence-electron chi connectivity index (χ2n) is 6.16. The van der Waals surface area contributed by atoms with Gasteiger partial charge in [0.05, 0.1) is 27.9 Å². The topological polar surface area (TPSA) is 74.3 Å². The zero-order valence-corrected chi connectivity index (χ0v) is 16.2. The Hall–Kier alpha value is -2.54. The van der Waals surface area contributed by atoms with Crippen LogP contribution in [0.4, 0.5) is 0 Å². The first-order valence-corrected chi connectivity index (χ1v) is 8.89. The highest BCUT2D eigenvalue weighted by molar-refractivity contribution is 5.98. The van der Waals surface area contributed by atoms with Gasteiger partial charge in [0.15, 0.2) is 11.5 Å². The third-order valence-electron chi connectivity index (χ3n) is 4.53. The smallest absolute Gasteiger partial charge is 0.328 e. The maximum atomic E-state index is 12.9. The summed E-state index contributed by atoms with van der Waals surface area (Å²) in [6.45, 7) is 5.22. The zero-order chi connectivity index (χ0) is 19.8. The van der Waals surface area contributed by atoms with E-state index in [1.807, 2.05) is 0 Å². The van der Waals surface area contributed by atoms with Crippen molar-refractivity contribution in [2.45, 2.75) is 25.3 Å². The summed E-state index contributed by atoms with van der Waals surface area (Å²) >= 11 is 0. The van der Waals surface area contributed by atoms with Gasteiger partial charge in [-0.15, -0.1) is 6.58 Å². The lowest BCUT2D eigenvalue weighted by atomic mass is 9.98. The molecule has 0 saturated carbocycles. The molecule has 7 heteroatoms. The summed E-state index contributed by atoms with van der Waals surface area (Å²) in [5, 5.41) is 0. The van der Waals surface area contributed by atoms with E-state index in [9.17, 15) is 9.59 Å². The van der Waals surface area contributed by atoms with Crippen molar-refractivity contribution in [1.82, 2.24) is 4.90 Å². The van der Waals surface area contributed by atoms with Gasteiger partial charge in [-0.05, 0) is 37.0 Å². The number of methoxy groups -OCH3 is 3. The van der Waals surface area contributed by atoms with Gasteiger partial charge in [0, 0.05) is 18.7 Å². The number of benzene rings is 1. The third kappa shape index (κ3) is 4.80. The van der Waals surface area contributed by atoms with Gasteiger partial charge >= 0.3 is 5.97 Å². The fraction of sp³-hybridized carbons (Fsp3) is 0.500. The molecule has 7 nitrogen and oxygen atoms in total. The number of hydrogen-bond acceptors (Lipinski definition) is 6. The maximum absolute atomic E-state index is 12.9. The largest absolute Gasteiger partial charge is 0.493 e. The predicted molar refractivity (Wildman–Crippen MR) is 100 cm³/mol. The van der Waals surface area contributed by atoms with Crippen molar-refractivity contribution in [3.05, 3.63) is 35.9 Å². The van der Waals surface area contributed by atoms with E-state index in [0.717, 1.165) is 12.0 Å². The monoisotopic (exact) mass is 377 g/mol. The van der Waals surface area contributed by atoms with Crippen LogP contribution in [0.3, 0.4) is 0 Å². The average molecular weight is 377 g/mol. The standard InChI is InChI=1S/C20H27NO6/c1-5-10-27-11-6-7-14-12-15(13-17(24-2)18(14)25-3)19(22)21-9-8-16(21)20(23)26-4/h5,12-13,16H,1,6-11H2,2-4H3. The fourth-order valence-corrected chi connectivity index (χ4v) is 3.06. The highest BCUT2D eigenvalue weighted by Crippen LogP contribution is 2.34. The molecule has 1 heterocycles. The van der Waals surface area contributed by atoms with E-state index < -0.39 is 12.0 Å². The molecular weight excluding hydrogens is 350 g/mol. The number of hydrogen-bond donors (Lipinski definition) is 0. The Labute approximate surface area is 159 Å². The van der Waals surface area contributed by atoms with Gasteiger partial charge in [-0.3, -0.25) is 4.79 Å². The summed E-state index contributed by atoms with van der Waals surface area (Å²) < 4.78 is 21.1. The van der Waals surface area contributed by atoms with Crippen molar-refractivity contribution in [3.8, 4) is 11.5 Å². The van der Waals surface area contributed by atoms with E-state index in [1.165, 1.54) is 19.1 Å². The predicted octanol–water partition coefficient (Wildman–Crippen LogP) is 2.23. The van der Waals surface area contributed by atoms with Crippen molar-refractivity contribution in [2.24, 2.45) is 0 Å². The van der Waals surface area contributed by atoms with Crippen LogP contribution in [0.15, 0.2) is 24.8 Å². The van der Waals surface area contributed by atoms with Gasteiger partial charge in [-0.25, -0.2) is 4.79 Å². The molecule has 1 saturated heterocycles. The van der Waals surface area contributed by atoms with Gasteiger partial charge in [0.25, 0.3) is 5.91 Å². The molecule has 0 N–H and O–H groups in total. The van der Waals surface area contributed by atoms with E-state index in [4.69, 9.17) is 18.9 Å². The number of carbonyl (C=O) groups excluding carboxylic acids is 2. The molecule has 2 rings (SSSR count). The van der Waals surface area contributed by atoms with Crippen LogP contribution in [0.2, 0.25) is 0 Å². The number of amides is 1. The molecule has 0 bridgehead atoms. The molecule has 0 spiro atoms. The first-order valence-electron chi connectivity index (χ1n) is 8.89. The summed E-state index contributed by atoms with van der Waals surface area (Å²) in [5.74, 6) is 0.475. The van der Waals surface area contributed by atoms with Crippen molar-refractivity contribution < 1.29 is 28.5 Å². The Balaban J connectivity index is 2.20. The maximum Gasteiger partial charge on any atom is 0.328 e. The van der Waals surface area contributed by atoms with E-state index in [1.54, 1.807) is 25.3 Å². The molecule has 1 atom stereocenters. The Kier molecular flexibility index (Phi) is 7.67. The Morgan fingerprint density at radius 3 is 2.59 bits per heavy atom. The van der Waals surface area contributed by atoms with Crippen molar-refractivity contribution in [3.63, 3.8) is 0 Å². The molecular formula is C20H27NO6. The van der Waals surface area contributed by atoms with Crippen LogP contribution in [0.25, 0.3) is 0 Å². The Morgan fingerprint density at radius 1 is 1.26 bits per heavy atom. The molecule has 0 aliphatic carbocycles. The minimum Gasteiger partial charge on any atom is -0.493 e. The third-order valence-corrected chi connectivity index (χ3v) is 4.53. The fourth-order valence-electron chi connectivity index (χ4n) is 3.06. The van der Waals surface area contributed by atoms with Crippen LogP contribution in [-0.4, -0.2) is 63.9 Å². The number of likely N-dealkylation sites (tertiary alicyclic amines) is 1. The molecule has 1 aliphatic heterocycles. The second-order valence-corrected chi connectivity index (χ2v) is 6.16. The van der Waals surface area contributed by atoms with Crippen LogP contribution in [0.5, 0.6) is 11.5 Å². The lowest BCUT2D eigenvalue weighted by Gasteiger charge is -2.38. The van der Waals surface area contributed by atoms with E-state index in [2.05, 4.69) is 6.58 Å². The second kappa shape index (κ2) is 9.97. The summed E-state index contributed by atoms with van der Waals surface area (Å²) in [5.41, 5.74) is 1.32. The summed E-state index contributed by atoms with van der Waals surface area (Å²) in [6, 6.07) is 2.92. The molecule has 1 aromatic carbocycles. The first-order chi connectivity index (χ1) is 13.1. The summed E-state index contributed by atoms with van der Waals surface area (Å²) in [4.78, 5) is 26.2. The van der Waals surface area contributed by atoms with Gasteiger partial charge in [-0.1, -0.05) is 6.08 Å². The minimum absolute atomic E-state index is 0.221. The van der Waals surface area contributed by atoms with E-state index >= 15 is 0 Å². The quantitative estimate of drug-likeness (QED) is 0.354. The average Bonchev–Trinajstić information content (AvgIpc) is 2.65. The van der Waals surface area contributed by atoms with E-state index in [-0.39, 0.29) is 5.91 Å². The number of carbonyl (C=O) groups is 2. The first kappa shape index (κ1) is 20.8. The van der Waals surface area contributed by atoms with Crippen LogP contribution in [-0.2, 0) is 20.7 Å². The molecule has 148 valence electrons. The normalized spacial score (nSPS) is 15.7. The number of rotatable bonds is 10. The molecule has 0 radical (unpaired) electrons. The molecule has 1 unspecified atom stereocenters. The Morgan fingerprint density at radius 2 is 2.04 bits per heavy atom. The van der Waals surface area contributed by atoms with Gasteiger partial charge < -0.3 is 23.8 Å². The van der Waals surface area contributed by atoms with Gasteiger partial charge in [0.1, 0.15) is 6.04 Å². The Bertz CT molecular complexity index is 687. The molecule has 0 aromatic heterocycles. The van der Waals surface area contributed by atoms with Crippen LogP contribution < -0.4 is 9.47 Å². The SMILES string of the molecule is C=CCOCCCc1cc(C(=O)N2CCC2C(=O)OC)cc(OC)c1OC. The summed E-state index contributed by atoms with van der Waals surface area (Å²) in [6.07, 6.45) is 3.74. The van der Waals surface area contributed by atoms with Crippen LogP contribution in [0, 0.1) is 0 Å². The van der Waals surface area contributed by atoms with Crippen molar-refractivity contribution >= 4 is 11.9 Å². The van der Waals surface area contributed by atoms with Crippen LogP contribution >= 0.6 is 0 Å². The molecule has 1 aliphatic rings. The number of ether oxygens (including phenoxy) is 4. The highest BCUT2D eigenvalue weighted by Gasteiger charge is 2.39. The molecule has 27 heavy (non-hydrogen) atoms. The van der Waals surface area contributed by atoms with Crippen LogP contribution in [0.1, 0.15) is 28.8 Å². The lowest BCUT2D eigenvalue weighted by Crippen LogP contribution is -2.55. The highest BCUT2D eigenvalue weighted by atomic mass is 16.5.